The van der Waals surface area contributed by atoms with Crippen molar-refractivity contribution in [2.45, 2.75) is 62.1 Å². The number of carbonyl (C=O) groups excluding carboxylic acids is 2. The second-order valence-electron chi connectivity index (χ2n) is 7.42. The summed E-state index contributed by atoms with van der Waals surface area (Å²) in [5.41, 5.74) is 9.00. The fourth-order valence-electron chi connectivity index (χ4n) is 3.54. The Bertz CT molecular complexity index is 966. The van der Waals surface area contributed by atoms with Crippen LogP contribution in [-0.4, -0.2) is 22.0 Å². The summed E-state index contributed by atoms with van der Waals surface area (Å²) in [4.78, 5) is 28.8. The van der Waals surface area contributed by atoms with Gasteiger partial charge in [-0.25, -0.2) is 4.98 Å². The van der Waals surface area contributed by atoms with Gasteiger partial charge in [0, 0.05) is 16.9 Å². The minimum Gasteiger partial charge on any atom is -0.366 e. The molecule has 1 aromatic carbocycles. The smallest absolute Gasteiger partial charge is 0.248 e. The Balaban J connectivity index is 1.77. The van der Waals surface area contributed by atoms with Crippen LogP contribution in [0.3, 0.4) is 0 Å². The SMILES string of the molecule is CCC(Sc1nc2c(cc1C#N)CCCCCC2)C(=O)Nc1ccc(C(N)=O)cc1. The van der Waals surface area contributed by atoms with Gasteiger partial charge in [0.2, 0.25) is 11.8 Å². The van der Waals surface area contributed by atoms with Crippen LogP contribution in [0.4, 0.5) is 5.69 Å². The zero-order valence-electron chi connectivity index (χ0n) is 17.1. The molecule has 0 fully saturated rings. The van der Waals surface area contributed by atoms with Crippen molar-refractivity contribution in [1.29, 1.82) is 5.26 Å². The number of thioether (sulfide) groups is 1. The summed E-state index contributed by atoms with van der Waals surface area (Å²) in [6.07, 6.45) is 7.13. The lowest BCUT2D eigenvalue weighted by atomic mass is 9.96. The molecule has 2 amide bonds. The molecule has 1 atom stereocenters. The van der Waals surface area contributed by atoms with Gasteiger partial charge in [-0.3, -0.25) is 9.59 Å². The maximum absolute atomic E-state index is 12.8. The fourth-order valence-corrected chi connectivity index (χ4v) is 4.53. The molecule has 156 valence electrons. The number of hydrogen-bond acceptors (Lipinski definition) is 5. The van der Waals surface area contributed by atoms with E-state index < -0.39 is 5.91 Å². The van der Waals surface area contributed by atoms with E-state index >= 15 is 0 Å². The largest absolute Gasteiger partial charge is 0.366 e. The maximum Gasteiger partial charge on any atom is 0.248 e. The minimum absolute atomic E-state index is 0.160. The van der Waals surface area contributed by atoms with Gasteiger partial charge >= 0.3 is 0 Å². The van der Waals surface area contributed by atoms with Gasteiger partial charge in [-0.15, -0.1) is 0 Å². The normalized spacial score (nSPS) is 14.5. The average molecular weight is 423 g/mol. The number of amides is 2. The average Bonchev–Trinajstić information content (AvgIpc) is 2.73. The van der Waals surface area contributed by atoms with Crippen LogP contribution in [0.25, 0.3) is 0 Å². The second kappa shape index (κ2) is 10.3. The number of nitriles is 1. The summed E-state index contributed by atoms with van der Waals surface area (Å²) in [7, 11) is 0. The van der Waals surface area contributed by atoms with Crippen LogP contribution < -0.4 is 11.1 Å². The third-order valence-electron chi connectivity index (χ3n) is 5.24. The zero-order chi connectivity index (χ0) is 21.5. The number of anilines is 1. The Morgan fingerprint density at radius 2 is 1.90 bits per heavy atom. The van der Waals surface area contributed by atoms with E-state index in [-0.39, 0.29) is 11.2 Å². The van der Waals surface area contributed by atoms with Gasteiger partial charge in [0.05, 0.1) is 10.8 Å². The number of hydrogen-bond donors (Lipinski definition) is 2. The van der Waals surface area contributed by atoms with Crippen molar-refractivity contribution < 1.29 is 9.59 Å². The van der Waals surface area contributed by atoms with Crippen LogP contribution in [-0.2, 0) is 17.6 Å². The van der Waals surface area contributed by atoms with Crippen molar-refractivity contribution in [3.63, 3.8) is 0 Å². The molecule has 1 aromatic heterocycles. The van der Waals surface area contributed by atoms with Crippen LogP contribution in [0.1, 0.15) is 66.2 Å². The van der Waals surface area contributed by atoms with Crippen LogP contribution >= 0.6 is 11.8 Å². The second-order valence-corrected chi connectivity index (χ2v) is 8.61. The molecule has 7 heteroatoms. The summed E-state index contributed by atoms with van der Waals surface area (Å²) >= 11 is 1.34. The molecule has 1 heterocycles. The van der Waals surface area contributed by atoms with Gasteiger partial charge in [0.1, 0.15) is 11.1 Å². The lowest BCUT2D eigenvalue weighted by Crippen LogP contribution is -2.25. The van der Waals surface area contributed by atoms with Gasteiger partial charge in [-0.2, -0.15) is 5.26 Å². The van der Waals surface area contributed by atoms with E-state index in [1.165, 1.54) is 30.2 Å². The Hall–Kier alpha value is -2.85. The molecule has 1 aliphatic rings. The standard InChI is InChI=1S/C23H26N4O2S/c1-2-20(22(29)26-18-11-9-15(10-12-18)21(25)28)30-23-17(14-24)13-16-7-5-3-4-6-8-19(16)27-23/h9-13,20H,2-8H2,1H3,(H2,25,28)(H,26,29). The van der Waals surface area contributed by atoms with Gasteiger partial charge in [0.25, 0.3) is 0 Å². The van der Waals surface area contributed by atoms with Crippen molar-refractivity contribution in [2.75, 3.05) is 5.32 Å². The molecule has 0 bridgehead atoms. The number of primary amides is 1. The molecule has 6 nitrogen and oxygen atoms in total. The van der Waals surface area contributed by atoms with Crippen LogP contribution in [0.5, 0.6) is 0 Å². The van der Waals surface area contributed by atoms with E-state index in [4.69, 9.17) is 10.7 Å². The molecule has 0 radical (unpaired) electrons. The number of nitrogens with zero attached hydrogens (tertiary/aromatic N) is 2. The van der Waals surface area contributed by atoms with E-state index in [9.17, 15) is 14.9 Å². The molecule has 3 N–H and O–H groups in total. The van der Waals surface area contributed by atoms with Crippen molar-refractivity contribution in [3.05, 3.63) is 52.7 Å². The van der Waals surface area contributed by atoms with Gasteiger partial charge in [0.15, 0.2) is 0 Å². The lowest BCUT2D eigenvalue weighted by Gasteiger charge is -2.18. The van der Waals surface area contributed by atoms with Gasteiger partial charge < -0.3 is 11.1 Å². The zero-order valence-corrected chi connectivity index (χ0v) is 17.9. The Kier molecular flexibility index (Phi) is 7.47. The molecule has 0 saturated carbocycles. The first-order valence-corrected chi connectivity index (χ1v) is 11.2. The van der Waals surface area contributed by atoms with E-state index in [0.717, 1.165) is 31.4 Å². The minimum atomic E-state index is -0.510. The number of fused-ring (bicyclic) bond motifs is 1. The maximum atomic E-state index is 12.8. The van der Waals surface area contributed by atoms with Crippen molar-refractivity contribution in [1.82, 2.24) is 4.98 Å². The number of nitrogens with two attached hydrogens (primary N) is 1. The molecule has 1 aliphatic carbocycles. The van der Waals surface area contributed by atoms with Gasteiger partial charge in [-0.05, 0) is 68.0 Å². The Morgan fingerprint density at radius 1 is 1.20 bits per heavy atom. The molecular formula is C23H26N4O2S. The third-order valence-corrected chi connectivity index (χ3v) is 6.61. The molecule has 0 saturated heterocycles. The number of rotatable bonds is 6. The molecular weight excluding hydrogens is 396 g/mol. The molecule has 2 aromatic rings. The summed E-state index contributed by atoms with van der Waals surface area (Å²) in [5.74, 6) is -0.671. The predicted molar refractivity (Wildman–Crippen MR) is 118 cm³/mol. The van der Waals surface area contributed by atoms with E-state index in [1.807, 2.05) is 13.0 Å². The third kappa shape index (κ3) is 5.39. The first-order chi connectivity index (χ1) is 14.5. The highest BCUT2D eigenvalue weighted by atomic mass is 32.2. The topological polar surface area (TPSA) is 109 Å². The van der Waals surface area contributed by atoms with Crippen molar-refractivity contribution >= 4 is 29.3 Å². The Labute approximate surface area is 181 Å². The number of carbonyl (C=O) groups is 2. The van der Waals surface area contributed by atoms with E-state index in [1.54, 1.807) is 24.3 Å². The Morgan fingerprint density at radius 3 is 2.53 bits per heavy atom. The summed E-state index contributed by atoms with van der Waals surface area (Å²) in [6, 6.07) is 10.7. The van der Waals surface area contributed by atoms with Gasteiger partial charge in [-0.1, -0.05) is 31.5 Å². The monoisotopic (exact) mass is 422 g/mol. The van der Waals surface area contributed by atoms with Crippen LogP contribution in [0.2, 0.25) is 0 Å². The molecule has 0 aliphatic heterocycles. The van der Waals surface area contributed by atoms with Crippen molar-refractivity contribution in [2.24, 2.45) is 5.73 Å². The molecule has 30 heavy (non-hydrogen) atoms. The fraction of sp³-hybridized carbons (Fsp3) is 0.391. The van der Waals surface area contributed by atoms with E-state index in [0.29, 0.717) is 28.3 Å². The number of pyridine rings is 1. The lowest BCUT2D eigenvalue weighted by molar-refractivity contribution is -0.115. The van der Waals surface area contributed by atoms with Crippen molar-refractivity contribution in [3.8, 4) is 6.07 Å². The van der Waals surface area contributed by atoms with Crippen LogP contribution in [0.15, 0.2) is 35.4 Å². The first-order valence-electron chi connectivity index (χ1n) is 10.3. The number of aryl methyl sites for hydroxylation is 2. The molecule has 1 unspecified atom stereocenters. The summed E-state index contributed by atoms with van der Waals surface area (Å²) in [6.45, 7) is 1.94. The summed E-state index contributed by atoms with van der Waals surface area (Å²) < 4.78 is 0. The highest BCUT2D eigenvalue weighted by molar-refractivity contribution is 8.00. The molecule has 3 rings (SSSR count). The summed E-state index contributed by atoms with van der Waals surface area (Å²) in [5, 5.41) is 12.8. The number of aromatic nitrogens is 1. The van der Waals surface area contributed by atoms with Crippen LogP contribution in [0, 0.1) is 11.3 Å². The number of nitrogens with one attached hydrogen (secondary N) is 1. The van der Waals surface area contributed by atoms with E-state index in [2.05, 4.69) is 11.4 Å². The highest BCUT2D eigenvalue weighted by Gasteiger charge is 2.22. The quantitative estimate of drug-likeness (QED) is 0.678. The number of benzene rings is 1. The highest BCUT2D eigenvalue weighted by Crippen LogP contribution is 2.31. The first kappa shape index (κ1) is 21.8. The predicted octanol–water partition coefficient (Wildman–Crippen LogP) is 4.22. The molecule has 0 spiro atoms.